The fraction of sp³-hybridized carbons (Fsp3) is 0.727. The van der Waals surface area contributed by atoms with Crippen LogP contribution in [-0.4, -0.2) is 32.3 Å². The van der Waals surface area contributed by atoms with Crippen LogP contribution in [0.3, 0.4) is 0 Å². The van der Waals surface area contributed by atoms with E-state index in [0.29, 0.717) is 25.1 Å². The Morgan fingerprint density at radius 1 is 1.35 bits per heavy atom. The van der Waals surface area contributed by atoms with Crippen LogP contribution in [0, 0.1) is 0 Å². The summed E-state index contributed by atoms with van der Waals surface area (Å²) in [6, 6.07) is 0. The Labute approximate surface area is 99.0 Å². The van der Waals surface area contributed by atoms with Gasteiger partial charge in [0.25, 0.3) is 0 Å². The van der Waals surface area contributed by atoms with Crippen molar-refractivity contribution in [1.82, 2.24) is 5.32 Å². The lowest BCUT2D eigenvalue weighted by atomic mass is 10.2. The van der Waals surface area contributed by atoms with Crippen molar-refractivity contribution in [3.63, 3.8) is 0 Å². The molecular formula is C11H18F3NO2. The first-order chi connectivity index (χ1) is 7.87. The number of rotatable bonds is 7. The SMILES string of the molecule is COC(=O)C(C)=CCNCCCCC(F)(F)F. The molecule has 0 fully saturated rings. The fourth-order valence-electron chi connectivity index (χ4n) is 1.15. The fourth-order valence-corrected chi connectivity index (χ4v) is 1.15. The predicted molar refractivity (Wildman–Crippen MR) is 58.5 cm³/mol. The van der Waals surface area contributed by atoms with Gasteiger partial charge in [-0.15, -0.1) is 0 Å². The second-order valence-corrected chi connectivity index (χ2v) is 3.66. The van der Waals surface area contributed by atoms with E-state index in [2.05, 4.69) is 10.1 Å². The average Bonchev–Trinajstić information content (AvgIpc) is 2.24. The summed E-state index contributed by atoms with van der Waals surface area (Å²) in [5, 5.41) is 2.93. The summed E-state index contributed by atoms with van der Waals surface area (Å²) >= 11 is 0. The van der Waals surface area contributed by atoms with Crippen LogP contribution in [0.25, 0.3) is 0 Å². The second-order valence-electron chi connectivity index (χ2n) is 3.66. The van der Waals surface area contributed by atoms with E-state index in [-0.39, 0.29) is 6.42 Å². The maximum Gasteiger partial charge on any atom is 0.389 e. The summed E-state index contributed by atoms with van der Waals surface area (Å²) in [5.41, 5.74) is 0.482. The number of esters is 1. The molecule has 0 atom stereocenters. The summed E-state index contributed by atoms with van der Waals surface area (Å²) in [4.78, 5) is 10.9. The van der Waals surface area contributed by atoms with E-state index in [9.17, 15) is 18.0 Å². The van der Waals surface area contributed by atoms with E-state index < -0.39 is 18.6 Å². The lowest BCUT2D eigenvalue weighted by molar-refractivity contribution is -0.136. The highest BCUT2D eigenvalue weighted by Gasteiger charge is 2.25. The molecule has 0 unspecified atom stereocenters. The number of carbonyl (C=O) groups excluding carboxylic acids is 1. The average molecular weight is 253 g/mol. The zero-order chi connectivity index (χ0) is 13.3. The zero-order valence-electron chi connectivity index (χ0n) is 10.1. The highest BCUT2D eigenvalue weighted by atomic mass is 19.4. The highest BCUT2D eigenvalue weighted by Crippen LogP contribution is 2.21. The summed E-state index contributed by atoms with van der Waals surface area (Å²) in [7, 11) is 1.30. The topological polar surface area (TPSA) is 38.3 Å². The van der Waals surface area contributed by atoms with Crippen molar-refractivity contribution < 1.29 is 22.7 Å². The van der Waals surface area contributed by atoms with Crippen molar-refractivity contribution in [2.45, 2.75) is 32.4 Å². The van der Waals surface area contributed by atoms with Crippen molar-refractivity contribution in [3.8, 4) is 0 Å². The van der Waals surface area contributed by atoms with E-state index in [4.69, 9.17) is 0 Å². The van der Waals surface area contributed by atoms with E-state index in [1.165, 1.54) is 7.11 Å². The van der Waals surface area contributed by atoms with Gasteiger partial charge in [-0.3, -0.25) is 0 Å². The van der Waals surface area contributed by atoms with Gasteiger partial charge in [0.05, 0.1) is 7.11 Å². The van der Waals surface area contributed by atoms with E-state index >= 15 is 0 Å². The molecule has 3 nitrogen and oxygen atoms in total. The first kappa shape index (κ1) is 16.0. The van der Waals surface area contributed by atoms with Crippen LogP contribution in [0.1, 0.15) is 26.2 Å². The Balaban J connectivity index is 3.50. The monoisotopic (exact) mass is 253 g/mol. The van der Waals surface area contributed by atoms with Gasteiger partial charge in [0.1, 0.15) is 0 Å². The van der Waals surface area contributed by atoms with Crippen LogP contribution in [0.4, 0.5) is 13.2 Å². The molecule has 0 amide bonds. The van der Waals surface area contributed by atoms with E-state index in [0.717, 1.165) is 0 Å². The maximum atomic E-state index is 11.8. The van der Waals surface area contributed by atoms with Gasteiger partial charge in [0.15, 0.2) is 0 Å². The molecule has 0 saturated carbocycles. The molecule has 0 bridgehead atoms. The third-order valence-corrected chi connectivity index (χ3v) is 2.12. The molecule has 6 heteroatoms. The minimum Gasteiger partial charge on any atom is -0.466 e. The lowest BCUT2D eigenvalue weighted by Gasteiger charge is -2.06. The molecule has 100 valence electrons. The molecule has 17 heavy (non-hydrogen) atoms. The quantitative estimate of drug-likeness (QED) is 0.430. The Bertz CT molecular complexity index is 262. The van der Waals surface area contributed by atoms with Crippen LogP contribution >= 0.6 is 0 Å². The Morgan fingerprint density at radius 2 is 2.00 bits per heavy atom. The number of carbonyl (C=O) groups is 1. The molecule has 0 spiro atoms. The van der Waals surface area contributed by atoms with Crippen LogP contribution < -0.4 is 5.32 Å². The number of hydrogen-bond acceptors (Lipinski definition) is 3. The molecule has 0 aromatic heterocycles. The number of alkyl halides is 3. The van der Waals surface area contributed by atoms with Crippen LogP contribution in [-0.2, 0) is 9.53 Å². The summed E-state index contributed by atoms with van der Waals surface area (Å²) in [6.45, 7) is 2.57. The highest BCUT2D eigenvalue weighted by molar-refractivity contribution is 5.87. The Kier molecular flexibility index (Phi) is 7.61. The van der Waals surface area contributed by atoms with Crippen LogP contribution in [0.2, 0.25) is 0 Å². The number of nitrogens with one attached hydrogen (secondary N) is 1. The smallest absolute Gasteiger partial charge is 0.389 e. The zero-order valence-corrected chi connectivity index (χ0v) is 10.1. The van der Waals surface area contributed by atoms with Crippen molar-refractivity contribution in [2.75, 3.05) is 20.2 Å². The molecule has 0 aromatic carbocycles. The molecule has 0 radical (unpaired) electrons. The molecule has 0 saturated heterocycles. The van der Waals surface area contributed by atoms with Crippen molar-refractivity contribution in [1.29, 1.82) is 0 Å². The van der Waals surface area contributed by atoms with E-state index in [1.54, 1.807) is 13.0 Å². The third-order valence-electron chi connectivity index (χ3n) is 2.12. The van der Waals surface area contributed by atoms with Gasteiger partial charge in [-0.05, 0) is 26.3 Å². The van der Waals surface area contributed by atoms with Gasteiger partial charge in [0, 0.05) is 18.5 Å². The number of methoxy groups -OCH3 is 1. The van der Waals surface area contributed by atoms with Gasteiger partial charge < -0.3 is 10.1 Å². The standard InChI is InChI=1S/C11H18F3NO2/c1-9(10(16)17-2)5-8-15-7-4-3-6-11(12,13)14/h5,15H,3-4,6-8H2,1-2H3. The summed E-state index contributed by atoms with van der Waals surface area (Å²) < 4.78 is 39.8. The van der Waals surface area contributed by atoms with Crippen molar-refractivity contribution in [2.24, 2.45) is 0 Å². The minimum absolute atomic E-state index is 0.121. The summed E-state index contributed by atoms with van der Waals surface area (Å²) in [5.74, 6) is -0.399. The predicted octanol–water partition coefficient (Wildman–Crippen LogP) is 2.43. The van der Waals surface area contributed by atoms with Gasteiger partial charge in [-0.2, -0.15) is 13.2 Å². The number of unbranched alkanes of at least 4 members (excludes halogenated alkanes) is 1. The van der Waals surface area contributed by atoms with Gasteiger partial charge in [-0.1, -0.05) is 6.08 Å². The molecule has 0 rings (SSSR count). The second kappa shape index (κ2) is 8.11. The van der Waals surface area contributed by atoms with Crippen LogP contribution in [0.15, 0.2) is 11.6 Å². The minimum atomic E-state index is -4.07. The molecule has 0 aliphatic rings. The Morgan fingerprint density at radius 3 is 2.53 bits per heavy atom. The largest absolute Gasteiger partial charge is 0.466 e. The maximum absolute atomic E-state index is 11.8. The van der Waals surface area contributed by atoms with Crippen molar-refractivity contribution >= 4 is 5.97 Å². The Hall–Kier alpha value is -1.04. The molecule has 0 heterocycles. The van der Waals surface area contributed by atoms with E-state index in [1.807, 2.05) is 0 Å². The first-order valence-electron chi connectivity index (χ1n) is 5.39. The normalized spacial score (nSPS) is 12.6. The van der Waals surface area contributed by atoms with Gasteiger partial charge in [0.2, 0.25) is 0 Å². The number of halogens is 3. The van der Waals surface area contributed by atoms with Gasteiger partial charge in [-0.25, -0.2) is 4.79 Å². The lowest BCUT2D eigenvalue weighted by Crippen LogP contribution is -2.17. The molecule has 0 aliphatic heterocycles. The number of hydrogen-bond donors (Lipinski definition) is 1. The molecule has 0 aromatic rings. The first-order valence-corrected chi connectivity index (χ1v) is 5.39. The number of ether oxygens (including phenoxy) is 1. The molecule has 1 N–H and O–H groups in total. The van der Waals surface area contributed by atoms with Crippen molar-refractivity contribution in [3.05, 3.63) is 11.6 Å². The molecular weight excluding hydrogens is 235 g/mol. The van der Waals surface area contributed by atoms with Crippen LogP contribution in [0.5, 0.6) is 0 Å². The third kappa shape index (κ3) is 9.86. The van der Waals surface area contributed by atoms with Gasteiger partial charge >= 0.3 is 12.1 Å². The molecule has 0 aliphatic carbocycles. The summed E-state index contributed by atoms with van der Waals surface area (Å²) in [6.07, 6.45) is -2.58.